The lowest BCUT2D eigenvalue weighted by atomic mass is 10.0. The first-order chi connectivity index (χ1) is 16.4. The standard InChI is InChI=1S/C26H16Cl2N2O3S/c27-19-7-4-15(5-8-19)14-30-24(22-10-11-23(28)34-22)29-21-9-6-17(13-20(21)25(30)31)16-2-1-3-18(12-16)26(32)33/h1-13H,14H2,(H,32,33). The normalized spacial score (nSPS) is 11.1. The molecule has 8 heteroatoms. The van der Waals surface area contributed by atoms with Crippen molar-refractivity contribution in [3.63, 3.8) is 0 Å². The third-order valence-corrected chi connectivity index (χ3v) is 6.92. The number of carboxylic acid groups (broad SMARTS) is 1. The van der Waals surface area contributed by atoms with Crippen molar-refractivity contribution >= 4 is 51.4 Å². The second-order valence-electron chi connectivity index (χ2n) is 7.67. The number of aromatic carboxylic acids is 1. The van der Waals surface area contributed by atoms with Gasteiger partial charge in [0, 0.05) is 5.02 Å². The number of hydrogen-bond acceptors (Lipinski definition) is 4. The molecule has 0 aliphatic carbocycles. The summed E-state index contributed by atoms with van der Waals surface area (Å²) >= 11 is 13.6. The van der Waals surface area contributed by atoms with Crippen LogP contribution >= 0.6 is 34.5 Å². The van der Waals surface area contributed by atoms with Crippen molar-refractivity contribution in [1.29, 1.82) is 0 Å². The van der Waals surface area contributed by atoms with E-state index in [-0.39, 0.29) is 11.1 Å². The maximum Gasteiger partial charge on any atom is 0.335 e. The van der Waals surface area contributed by atoms with E-state index in [0.29, 0.717) is 38.2 Å². The van der Waals surface area contributed by atoms with Gasteiger partial charge in [0.15, 0.2) is 5.82 Å². The van der Waals surface area contributed by atoms with Gasteiger partial charge in [-0.1, -0.05) is 53.5 Å². The average molecular weight is 507 g/mol. The number of hydrogen-bond donors (Lipinski definition) is 1. The Kier molecular flexibility index (Phi) is 5.96. The summed E-state index contributed by atoms with van der Waals surface area (Å²) in [7, 11) is 0. The summed E-state index contributed by atoms with van der Waals surface area (Å²) in [4.78, 5) is 30.7. The Hall–Kier alpha value is -3.45. The molecular formula is C26H16Cl2N2O3S. The average Bonchev–Trinajstić information content (AvgIpc) is 3.28. The molecule has 0 fully saturated rings. The van der Waals surface area contributed by atoms with Gasteiger partial charge in [0.25, 0.3) is 5.56 Å². The molecule has 34 heavy (non-hydrogen) atoms. The van der Waals surface area contributed by atoms with Crippen molar-refractivity contribution in [2.75, 3.05) is 0 Å². The Labute approximate surface area is 208 Å². The number of carbonyl (C=O) groups is 1. The van der Waals surface area contributed by atoms with Crippen LogP contribution in [-0.4, -0.2) is 20.6 Å². The molecule has 0 unspecified atom stereocenters. The summed E-state index contributed by atoms with van der Waals surface area (Å²) in [6.07, 6.45) is 0. The van der Waals surface area contributed by atoms with E-state index in [9.17, 15) is 14.7 Å². The summed E-state index contributed by atoms with van der Waals surface area (Å²) in [6, 6.07) is 22.9. The third-order valence-electron chi connectivity index (χ3n) is 5.44. The molecule has 5 rings (SSSR count). The minimum Gasteiger partial charge on any atom is -0.478 e. The topological polar surface area (TPSA) is 72.2 Å². The zero-order valence-corrected chi connectivity index (χ0v) is 19.9. The molecule has 2 aromatic heterocycles. The van der Waals surface area contributed by atoms with Crippen molar-refractivity contribution in [3.8, 4) is 21.8 Å². The molecule has 0 aliphatic heterocycles. The van der Waals surface area contributed by atoms with Gasteiger partial charge in [-0.2, -0.15) is 0 Å². The van der Waals surface area contributed by atoms with E-state index < -0.39 is 5.97 Å². The van der Waals surface area contributed by atoms with Gasteiger partial charge in [-0.15, -0.1) is 11.3 Å². The minimum absolute atomic E-state index is 0.181. The van der Waals surface area contributed by atoms with E-state index in [1.165, 1.54) is 17.4 Å². The van der Waals surface area contributed by atoms with E-state index in [1.54, 1.807) is 47.0 Å². The number of thiophene rings is 1. The summed E-state index contributed by atoms with van der Waals surface area (Å²) < 4.78 is 2.24. The lowest BCUT2D eigenvalue weighted by molar-refractivity contribution is 0.0697. The number of carboxylic acids is 1. The zero-order valence-electron chi connectivity index (χ0n) is 17.5. The molecular weight excluding hydrogens is 491 g/mol. The SMILES string of the molecule is O=C(O)c1cccc(-c2ccc3nc(-c4ccc(Cl)s4)n(Cc4ccc(Cl)cc4)c(=O)c3c2)c1. The lowest BCUT2D eigenvalue weighted by Gasteiger charge is -2.14. The Balaban J connectivity index is 1.70. The van der Waals surface area contributed by atoms with E-state index in [1.807, 2.05) is 30.3 Å². The van der Waals surface area contributed by atoms with Crippen LogP contribution in [-0.2, 0) is 6.54 Å². The predicted molar refractivity (Wildman–Crippen MR) is 137 cm³/mol. The molecule has 0 aliphatic rings. The molecule has 5 nitrogen and oxygen atoms in total. The van der Waals surface area contributed by atoms with Crippen LogP contribution in [0.4, 0.5) is 0 Å². The highest BCUT2D eigenvalue weighted by Gasteiger charge is 2.16. The van der Waals surface area contributed by atoms with Crippen molar-refractivity contribution in [2.24, 2.45) is 0 Å². The number of rotatable bonds is 5. The molecule has 1 N–H and O–H groups in total. The first kappa shape index (κ1) is 22.3. The third kappa shape index (κ3) is 4.35. The van der Waals surface area contributed by atoms with Gasteiger partial charge in [0.1, 0.15) is 0 Å². The zero-order chi connectivity index (χ0) is 23.8. The van der Waals surface area contributed by atoms with Crippen molar-refractivity contribution in [3.05, 3.63) is 110 Å². The summed E-state index contributed by atoms with van der Waals surface area (Å²) in [6.45, 7) is 0.308. The summed E-state index contributed by atoms with van der Waals surface area (Å²) in [5, 5.41) is 10.4. The highest BCUT2D eigenvalue weighted by atomic mass is 35.5. The fourth-order valence-electron chi connectivity index (χ4n) is 3.77. The molecule has 0 atom stereocenters. The van der Waals surface area contributed by atoms with Crippen LogP contribution in [0.2, 0.25) is 9.36 Å². The van der Waals surface area contributed by atoms with Crippen LogP contribution in [0.5, 0.6) is 0 Å². The van der Waals surface area contributed by atoms with E-state index in [2.05, 4.69) is 0 Å². The predicted octanol–water partition coefficient (Wildman–Crippen LogP) is 6.85. The van der Waals surface area contributed by atoms with Gasteiger partial charge in [0.05, 0.1) is 32.2 Å². The number of nitrogens with zero attached hydrogens (tertiary/aromatic N) is 2. The van der Waals surface area contributed by atoms with E-state index in [4.69, 9.17) is 28.2 Å². The molecule has 0 saturated heterocycles. The lowest BCUT2D eigenvalue weighted by Crippen LogP contribution is -2.24. The van der Waals surface area contributed by atoms with Gasteiger partial charge < -0.3 is 5.11 Å². The molecule has 0 amide bonds. The van der Waals surface area contributed by atoms with Gasteiger partial charge in [-0.05, 0) is 65.2 Å². The second kappa shape index (κ2) is 9.06. The molecule has 168 valence electrons. The number of halogens is 2. The Morgan fingerprint density at radius 2 is 1.71 bits per heavy atom. The first-order valence-electron chi connectivity index (χ1n) is 10.3. The fraction of sp³-hybridized carbons (Fsp3) is 0.0385. The van der Waals surface area contributed by atoms with Crippen LogP contribution in [0.3, 0.4) is 0 Å². The quantitative estimate of drug-likeness (QED) is 0.283. The molecule has 2 heterocycles. The van der Waals surface area contributed by atoms with Crippen LogP contribution in [0, 0.1) is 0 Å². The van der Waals surface area contributed by atoms with E-state index in [0.717, 1.165) is 16.0 Å². The summed E-state index contributed by atoms with van der Waals surface area (Å²) in [5.41, 5.74) is 2.88. The van der Waals surface area contributed by atoms with E-state index >= 15 is 0 Å². The molecule has 3 aromatic carbocycles. The Morgan fingerprint density at radius 3 is 2.41 bits per heavy atom. The highest BCUT2D eigenvalue weighted by molar-refractivity contribution is 7.19. The maximum absolute atomic E-state index is 13.7. The van der Waals surface area contributed by atoms with Crippen molar-refractivity contribution in [1.82, 2.24) is 9.55 Å². The van der Waals surface area contributed by atoms with Crippen LogP contribution in [0.1, 0.15) is 15.9 Å². The Bertz CT molecular complexity index is 1610. The second-order valence-corrected chi connectivity index (χ2v) is 9.83. The molecule has 5 aromatic rings. The summed E-state index contributed by atoms with van der Waals surface area (Å²) in [5.74, 6) is -0.473. The number of fused-ring (bicyclic) bond motifs is 1. The Morgan fingerprint density at radius 1 is 0.941 bits per heavy atom. The monoisotopic (exact) mass is 506 g/mol. The van der Waals surface area contributed by atoms with Crippen LogP contribution in [0.15, 0.2) is 83.7 Å². The van der Waals surface area contributed by atoms with Crippen LogP contribution in [0.25, 0.3) is 32.7 Å². The largest absolute Gasteiger partial charge is 0.478 e. The molecule has 0 saturated carbocycles. The van der Waals surface area contributed by atoms with Gasteiger partial charge in [0.2, 0.25) is 0 Å². The minimum atomic E-state index is -1.01. The first-order valence-corrected chi connectivity index (χ1v) is 11.8. The van der Waals surface area contributed by atoms with Gasteiger partial charge in [-0.25, -0.2) is 9.78 Å². The molecule has 0 radical (unpaired) electrons. The molecule has 0 bridgehead atoms. The van der Waals surface area contributed by atoms with Crippen molar-refractivity contribution < 1.29 is 9.90 Å². The number of aromatic nitrogens is 2. The van der Waals surface area contributed by atoms with Crippen LogP contribution < -0.4 is 5.56 Å². The van der Waals surface area contributed by atoms with Gasteiger partial charge in [-0.3, -0.25) is 9.36 Å². The highest BCUT2D eigenvalue weighted by Crippen LogP contribution is 2.31. The van der Waals surface area contributed by atoms with Crippen molar-refractivity contribution in [2.45, 2.75) is 6.54 Å². The number of benzene rings is 3. The fourth-order valence-corrected chi connectivity index (χ4v) is 4.94. The smallest absolute Gasteiger partial charge is 0.335 e. The maximum atomic E-state index is 13.7. The molecule has 0 spiro atoms. The van der Waals surface area contributed by atoms with Gasteiger partial charge >= 0.3 is 5.97 Å².